The Morgan fingerprint density at radius 1 is 1.39 bits per heavy atom. The Bertz CT molecular complexity index is 515. The number of hydrogen-bond acceptors (Lipinski definition) is 5. The second-order valence-corrected chi connectivity index (χ2v) is 6.98. The average molecular weight is 342 g/mol. The van der Waals surface area contributed by atoms with Crippen molar-refractivity contribution in [1.82, 2.24) is 5.32 Å². The third-order valence-corrected chi connectivity index (χ3v) is 3.35. The van der Waals surface area contributed by atoms with Crippen LogP contribution in [-0.2, 0) is 9.53 Å². The second kappa shape index (κ2) is 8.99. The summed E-state index contributed by atoms with van der Waals surface area (Å²) in [4.78, 5) is 12.1. The number of benzene rings is 1. The number of nitrogens with one attached hydrogen (secondary N) is 2. The summed E-state index contributed by atoms with van der Waals surface area (Å²) in [7, 11) is 0. The molecule has 1 atom stereocenters. The van der Waals surface area contributed by atoms with E-state index in [0.717, 1.165) is 18.7 Å². The van der Waals surface area contributed by atoms with E-state index in [9.17, 15) is 4.79 Å². The number of anilines is 2. The third kappa shape index (κ3) is 8.09. The molecule has 0 unspecified atom stereocenters. The van der Waals surface area contributed by atoms with Crippen LogP contribution >= 0.6 is 11.6 Å². The van der Waals surface area contributed by atoms with Crippen LogP contribution in [0.25, 0.3) is 0 Å². The van der Waals surface area contributed by atoms with Gasteiger partial charge in [0.15, 0.2) is 0 Å². The third-order valence-electron chi connectivity index (χ3n) is 3.02. The SMILES string of the molecule is CCCNC[C@H](CC(=O)OC(C)(C)C)Nc1ccc(N)c(Cl)c1. The minimum Gasteiger partial charge on any atom is -0.460 e. The molecule has 0 amide bonds. The van der Waals surface area contributed by atoms with Crippen molar-refractivity contribution in [2.45, 2.75) is 52.2 Å². The maximum Gasteiger partial charge on any atom is 0.308 e. The lowest BCUT2D eigenvalue weighted by Crippen LogP contribution is -2.37. The standard InChI is InChI=1S/C17H28ClN3O2/c1-5-8-20-11-13(10-16(22)23-17(2,3)4)21-12-6-7-15(19)14(18)9-12/h6-7,9,13,20-21H,5,8,10-11,19H2,1-4H3/t13-/m0/s1. The highest BCUT2D eigenvalue weighted by atomic mass is 35.5. The van der Waals surface area contributed by atoms with Crippen molar-refractivity contribution < 1.29 is 9.53 Å². The van der Waals surface area contributed by atoms with Gasteiger partial charge in [-0.15, -0.1) is 0 Å². The summed E-state index contributed by atoms with van der Waals surface area (Å²) >= 11 is 6.04. The van der Waals surface area contributed by atoms with Crippen molar-refractivity contribution >= 4 is 28.9 Å². The van der Waals surface area contributed by atoms with Gasteiger partial charge in [-0.2, -0.15) is 0 Å². The van der Waals surface area contributed by atoms with Crippen molar-refractivity contribution in [3.63, 3.8) is 0 Å². The molecule has 1 aromatic rings. The van der Waals surface area contributed by atoms with Crippen LogP contribution in [0.3, 0.4) is 0 Å². The molecule has 1 aromatic carbocycles. The van der Waals surface area contributed by atoms with Gasteiger partial charge in [0.2, 0.25) is 0 Å². The smallest absolute Gasteiger partial charge is 0.308 e. The largest absolute Gasteiger partial charge is 0.460 e. The first-order valence-corrected chi connectivity index (χ1v) is 8.33. The van der Waals surface area contributed by atoms with Crippen molar-refractivity contribution in [3.05, 3.63) is 23.2 Å². The Labute approximate surface area is 143 Å². The molecule has 0 heterocycles. The van der Waals surface area contributed by atoms with Crippen LogP contribution in [-0.4, -0.2) is 30.7 Å². The molecule has 0 aliphatic heterocycles. The molecule has 0 aliphatic carbocycles. The molecule has 1 rings (SSSR count). The first-order valence-electron chi connectivity index (χ1n) is 7.95. The molecule has 0 radical (unpaired) electrons. The van der Waals surface area contributed by atoms with Gasteiger partial charge in [0, 0.05) is 18.3 Å². The van der Waals surface area contributed by atoms with Crippen LogP contribution in [0, 0.1) is 0 Å². The summed E-state index contributed by atoms with van der Waals surface area (Å²) in [6, 6.07) is 5.27. The molecule has 4 N–H and O–H groups in total. The van der Waals surface area contributed by atoms with Crippen molar-refractivity contribution in [1.29, 1.82) is 0 Å². The topological polar surface area (TPSA) is 76.4 Å². The minimum absolute atomic E-state index is 0.0870. The molecule has 0 spiro atoms. The Morgan fingerprint density at radius 2 is 2.09 bits per heavy atom. The summed E-state index contributed by atoms with van der Waals surface area (Å²) < 4.78 is 5.40. The van der Waals surface area contributed by atoms with Crippen LogP contribution in [0.4, 0.5) is 11.4 Å². The highest BCUT2D eigenvalue weighted by Crippen LogP contribution is 2.23. The molecule has 0 aromatic heterocycles. The average Bonchev–Trinajstić information content (AvgIpc) is 2.41. The number of esters is 1. The second-order valence-electron chi connectivity index (χ2n) is 6.57. The number of nitrogens with two attached hydrogens (primary N) is 1. The molecule has 6 heteroatoms. The predicted octanol–water partition coefficient (Wildman–Crippen LogP) is 3.43. The van der Waals surface area contributed by atoms with Crippen molar-refractivity contribution in [3.8, 4) is 0 Å². The molecule has 0 saturated carbocycles. The lowest BCUT2D eigenvalue weighted by Gasteiger charge is -2.24. The van der Waals surface area contributed by atoms with Crippen molar-refractivity contribution in [2.24, 2.45) is 0 Å². The van der Waals surface area contributed by atoms with Crippen LogP contribution in [0.1, 0.15) is 40.5 Å². The van der Waals surface area contributed by atoms with Gasteiger partial charge in [0.05, 0.1) is 17.1 Å². The fourth-order valence-electron chi connectivity index (χ4n) is 2.06. The molecule has 0 fully saturated rings. The lowest BCUT2D eigenvalue weighted by atomic mass is 10.1. The monoisotopic (exact) mass is 341 g/mol. The van der Waals surface area contributed by atoms with Gasteiger partial charge < -0.3 is 21.1 Å². The summed E-state index contributed by atoms with van der Waals surface area (Å²) in [6.45, 7) is 9.25. The number of ether oxygens (including phenoxy) is 1. The predicted molar refractivity (Wildman–Crippen MR) is 96.9 cm³/mol. The van der Waals surface area contributed by atoms with Crippen LogP contribution < -0.4 is 16.4 Å². The number of rotatable bonds is 8. The summed E-state index contributed by atoms with van der Waals surface area (Å²) in [6.07, 6.45) is 1.31. The van der Waals surface area contributed by atoms with E-state index in [1.807, 2.05) is 26.8 Å². The molecular formula is C17H28ClN3O2. The number of carbonyl (C=O) groups excluding carboxylic acids is 1. The van der Waals surface area contributed by atoms with Gasteiger partial charge in [-0.05, 0) is 51.9 Å². The quantitative estimate of drug-likeness (QED) is 0.383. The summed E-state index contributed by atoms with van der Waals surface area (Å²) in [5.41, 5.74) is 6.60. The number of halogens is 1. The van der Waals surface area contributed by atoms with Crippen molar-refractivity contribution in [2.75, 3.05) is 24.1 Å². The molecular weight excluding hydrogens is 314 g/mol. The highest BCUT2D eigenvalue weighted by molar-refractivity contribution is 6.33. The van der Waals surface area contributed by atoms with Crippen LogP contribution in [0.2, 0.25) is 5.02 Å². The summed E-state index contributed by atoms with van der Waals surface area (Å²) in [5.74, 6) is -0.227. The van der Waals surface area contributed by atoms with Gasteiger partial charge in [0.25, 0.3) is 0 Å². The van der Waals surface area contributed by atoms with E-state index in [2.05, 4.69) is 17.6 Å². The molecule has 0 aliphatic rings. The Morgan fingerprint density at radius 3 is 2.65 bits per heavy atom. The van der Waals surface area contributed by atoms with Gasteiger partial charge in [-0.25, -0.2) is 0 Å². The van der Waals surface area contributed by atoms with Gasteiger partial charge in [-0.3, -0.25) is 4.79 Å². The molecule has 0 bridgehead atoms. The maximum absolute atomic E-state index is 12.1. The first-order chi connectivity index (χ1) is 10.7. The Kier molecular flexibility index (Phi) is 7.65. The fraction of sp³-hybridized carbons (Fsp3) is 0.588. The zero-order valence-electron chi connectivity index (χ0n) is 14.4. The van der Waals surface area contributed by atoms with E-state index in [0.29, 0.717) is 17.3 Å². The normalized spacial score (nSPS) is 12.7. The van der Waals surface area contributed by atoms with E-state index in [-0.39, 0.29) is 18.4 Å². The minimum atomic E-state index is -0.483. The van der Waals surface area contributed by atoms with Gasteiger partial charge >= 0.3 is 5.97 Å². The lowest BCUT2D eigenvalue weighted by molar-refractivity contribution is -0.155. The van der Waals surface area contributed by atoms with E-state index >= 15 is 0 Å². The molecule has 0 saturated heterocycles. The number of nitrogen functional groups attached to an aromatic ring is 1. The van der Waals surface area contributed by atoms with Crippen LogP contribution in [0.15, 0.2) is 18.2 Å². The van der Waals surface area contributed by atoms with Crippen LogP contribution in [0.5, 0.6) is 0 Å². The Hall–Kier alpha value is -1.46. The number of carbonyl (C=O) groups is 1. The van der Waals surface area contributed by atoms with Gasteiger partial charge in [0.1, 0.15) is 5.60 Å². The van der Waals surface area contributed by atoms with Gasteiger partial charge in [-0.1, -0.05) is 18.5 Å². The maximum atomic E-state index is 12.1. The van der Waals surface area contributed by atoms with E-state index in [4.69, 9.17) is 22.1 Å². The van der Waals surface area contributed by atoms with E-state index in [1.165, 1.54) is 0 Å². The first kappa shape index (κ1) is 19.6. The highest BCUT2D eigenvalue weighted by Gasteiger charge is 2.20. The fourth-order valence-corrected chi connectivity index (χ4v) is 2.24. The number of hydrogen-bond donors (Lipinski definition) is 3. The zero-order chi connectivity index (χ0) is 17.5. The van der Waals surface area contributed by atoms with E-state index < -0.39 is 5.60 Å². The Balaban J connectivity index is 2.70. The molecule has 5 nitrogen and oxygen atoms in total. The molecule has 130 valence electrons. The molecule has 23 heavy (non-hydrogen) atoms. The summed E-state index contributed by atoms with van der Waals surface area (Å²) in [5, 5.41) is 7.13. The van der Waals surface area contributed by atoms with E-state index in [1.54, 1.807) is 12.1 Å². The zero-order valence-corrected chi connectivity index (χ0v) is 15.2.